The average Bonchev–Trinajstić information content (AvgIpc) is 1.85. The lowest BCUT2D eigenvalue weighted by molar-refractivity contribution is 0.110. The molecular weight excluding hydrogens is 125 g/mol. The average molecular weight is 135 g/mol. The smallest absolute Gasteiger partial charge is 0.134 e. The number of nitrogens with zero attached hydrogens (tertiary/aromatic N) is 3. The van der Waals surface area contributed by atoms with Crippen LogP contribution in [0.5, 0.6) is 0 Å². The summed E-state index contributed by atoms with van der Waals surface area (Å²) in [4.78, 5) is 2.53. The van der Waals surface area contributed by atoms with Crippen molar-refractivity contribution < 1.29 is 4.74 Å². The molecule has 8 heavy (non-hydrogen) atoms. The maximum Gasteiger partial charge on any atom is 0.134 e. The molecule has 1 unspecified atom stereocenters. The Morgan fingerprint density at radius 3 is 3.50 bits per heavy atom. The van der Waals surface area contributed by atoms with E-state index in [9.17, 15) is 0 Å². The van der Waals surface area contributed by atoms with Crippen molar-refractivity contribution in [3.8, 4) is 0 Å². The van der Waals surface area contributed by atoms with Gasteiger partial charge in [-0.05, 0) is 12.5 Å². The van der Waals surface area contributed by atoms with Gasteiger partial charge in [0.15, 0.2) is 0 Å². The molecule has 0 bridgehead atoms. The lowest BCUT2D eigenvalue weighted by atomic mass is 10.7. The van der Waals surface area contributed by atoms with Crippen LogP contribution in [0.25, 0.3) is 10.4 Å². The Morgan fingerprint density at radius 1 is 2.25 bits per heavy atom. The van der Waals surface area contributed by atoms with E-state index in [1.165, 1.54) is 0 Å². The molecule has 0 saturated heterocycles. The maximum absolute atomic E-state index is 7.87. The Kier molecular flexibility index (Phi) is 3.53. The molecule has 0 rings (SSSR count). The van der Waals surface area contributed by atoms with Crippen LogP contribution in [0, 0.1) is 0 Å². The number of ether oxygens (including phenoxy) is 1. The molecule has 2 atom stereocenters. The molecule has 46 valence electrons. The zero-order valence-electron chi connectivity index (χ0n) is 5.53. The maximum atomic E-state index is 7.87. The van der Waals surface area contributed by atoms with Crippen LogP contribution in [0.4, 0.5) is 0 Å². The number of azide groups is 1. The summed E-state index contributed by atoms with van der Waals surface area (Å²) in [6, 6.07) is 0. The lowest BCUT2D eigenvalue weighted by Crippen LogP contribution is -2.00. The van der Waals surface area contributed by atoms with Crippen LogP contribution in [0.3, 0.4) is 0 Å². The van der Waals surface area contributed by atoms with Gasteiger partial charge in [-0.15, -0.1) is 9.18 Å². The molecule has 0 heterocycles. The molecule has 0 radical (unpaired) electrons. The van der Waals surface area contributed by atoms with E-state index in [1.54, 1.807) is 6.92 Å². The molecule has 4 nitrogen and oxygen atoms in total. The quantitative estimate of drug-likeness (QED) is 0.249. The van der Waals surface area contributed by atoms with Gasteiger partial charge >= 0.3 is 0 Å². The number of hydrogen-bond acceptors (Lipinski definition) is 2. The highest BCUT2D eigenvalue weighted by Gasteiger charge is 1.91. The second kappa shape index (κ2) is 4.85. The Morgan fingerprint density at radius 2 is 3.00 bits per heavy atom. The van der Waals surface area contributed by atoms with Crippen LogP contribution in [-0.2, 0) is 4.74 Å². The minimum atomic E-state index is -0.437. The predicted octanol–water partition coefficient (Wildman–Crippen LogP) is 1.49. The van der Waals surface area contributed by atoms with Gasteiger partial charge < -0.3 is 4.74 Å². The van der Waals surface area contributed by atoms with Crippen molar-refractivity contribution in [3.63, 3.8) is 0 Å². The summed E-state index contributed by atoms with van der Waals surface area (Å²) in [5.41, 5.74) is 7.87. The second-order valence-corrected chi connectivity index (χ2v) is 1.40. The molecule has 0 aliphatic carbocycles. The van der Waals surface area contributed by atoms with E-state index >= 15 is 0 Å². The first-order chi connectivity index (χ1) is 4.31. The first kappa shape index (κ1) is 5.83. The van der Waals surface area contributed by atoms with Gasteiger partial charge in [-0.1, -0.05) is 5.11 Å². The van der Waals surface area contributed by atoms with E-state index < -0.39 is 6.23 Å². The Bertz CT molecular complexity index is 116. The molecule has 0 amide bonds. The van der Waals surface area contributed by atoms with Crippen LogP contribution in [0.2, 0.25) is 0 Å². The normalized spacial score (nSPS) is 15.4. The van der Waals surface area contributed by atoms with Gasteiger partial charge in [0.05, 0.1) is 7.63 Å². The molecular formula is C3H8N3OP. The largest absolute Gasteiger partial charge is 0.369 e. The summed E-state index contributed by atoms with van der Waals surface area (Å²) in [6.07, 6.45) is -0.0898. The van der Waals surface area contributed by atoms with Crippen molar-refractivity contribution in [2.45, 2.75) is 13.2 Å². The van der Waals surface area contributed by atoms with Gasteiger partial charge in [-0.2, -0.15) is 0 Å². The van der Waals surface area contributed by atoms with Crippen molar-refractivity contribution in [1.82, 2.24) is 0 Å². The molecule has 0 aliphatic rings. The first-order valence-electron chi connectivity index (χ1n) is 2.61. The van der Waals surface area contributed by atoms with Crippen LogP contribution in [-0.4, -0.2) is 13.9 Å². The molecule has 0 aromatic rings. The number of hydrogen-bond donors (Lipinski definition) is 0. The van der Waals surface area contributed by atoms with E-state index in [-0.39, 0.29) is 9.18 Å². The predicted molar refractivity (Wildman–Crippen MR) is 34.3 cm³/mol. The number of rotatable bonds is 4. The molecule has 0 aliphatic heterocycles. The molecule has 0 saturated carbocycles. The minimum Gasteiger partial charge on any atom is -0.369 e. The van der Waals surface area contributed by atoms with E-state index in [2.05, 4.69) is 10.0 Å². The zero-order valence-corrected chi connectivity index (χ0v) is 5.53. The van der Waals surface area contributed by atoms with Crippen LogP contribution >= 0.6 is 9.18 Å². The van der Waals surface area contributed by atoms with Crippen LogP contribution in [0.1, 0.15) is 6.92 Å². The summed E-state index contributed by atoms with van der Waals surface area (Å²) >= 11 is 0. The topological polar surface area (TPSA) is 58.0 Å². The van der Waals surface area contributed by atoms with Crippen LogP contribution < -0.4 is 0 Å². The fourth-order valence-corrected chi connectivity index (χ4v) is 0.468. The third-order valence-corrected chi connectivity index (χ3v) is 0.705. The Hall–Kier alpha value is -0.300. The van der Waals surface area contributed by atoms with E-state index in [0.29, 0.717) is 6.35 Å². The van der Waals surface area contributed by atoms with Gasteiger partial charge in [0.1, 0.15) is 6.23 Å². The molecule has 0 fully saturated rings. The summed E-state index contributed by atoms with van der Waals surface area (Å²) in [6.45, 7) is 1.64. The Labute approximate surface area is 51.3 Å². The highest BCUT2D eigenvalue weighted by molar-refractivity contribution is 7.16. The van der Waals surface area contributed by atoms with Gasteiger partial charge in [-0.25, -0.2) is 0 Å². The lowest BCUT2D eigenvalue weighted by Gasteiger charge is -2.00. The van der Waals surface area contributed by atoms with E-state index in [4.69, 9.17) is 11.5 Å². The van der Waals surface area contributed by atoms with Crippen LogP contribution in [0.15, 0.2) is 5.11 Å². The van der Waals surface area contributed by atoms with Gasteiger partial charge in [-0.3, -0.25) is 0 Å². The summed E-state index contributed by atoms with van der Waals surface area (Å²) in [5, 5.41) is 3.24. The third-order valence-electron chi connectivity index (χ3n) is 0.539. The molecule has 0 spiro atoms. The minimum absolute atomic E-state index is 0.000509. The van der Waals surface area contributed by atoms with Gasteiger partial charge in [0.25, 0.3) is 0 Å². The van der Waals surface area contributed by atoms with Gasteiger partial charge in [0, 0.05) is 4.91 Å². The first-order valence-corrected chi connectivity index (χ1v) is 2.82. The summed E-state index contributed by atoms with van der Waals surface area (Å²) < 4.78 is 11.5. The molecule has 0 aromatic heterocycles. The Balaban J connectivity index is 3.26. The monoisotopic (exact) mass is 135 g/mol. The van der Waals surface area contributed by atoms with Crippen molar-refractivity contribution >= 4 is 9.18 Å². The zero-order chi connectivity index (χ0) is 7.11. The van der Waals surface area contributed by atoms with Crippen molar-refractivity contribution in [2.24, 2.45) is 5.11 Å². The summed E-state index contributed by atoms with van der Waals surface area (Å²) in [5.74, 6) is 0. The standard InChI is InChI=1S/C3H8N3OP/c1-3(5-6-4)7-2-8/h3H,2,8H2,1H3/t3-/m0/s1/i8T/t3-,8?. The second-order valence-electron chi connectivity index (χ2n) is 1.12. The van der Waals surface area contributed by atoms with Crippen molar-refractivity contribution in [2.75, 3.05) is 6.35 Å². The molecule has 0 aromatic carbocycles. The highest BCUT2D eigenvalue weighted by atomic mass is 31.0. The fraction of sp³-hybridized carbons (Fsp3) is 1.00. The van der Waals surface area contributed by atoms with Crippen molar-refractivity contribution in [3.05, 3.63) is 10.4 Å². The van der Waals surface area contributed by atoms with E-state index in [0.717, 1.165) is 0 Å². The summed E-state index contributed by atoms with van der Waals surface area (Å²) in [7, 11) is -0.000509. The van der Waals surface area contributed by atoms with Crippen molar-refractivity contribution in [1.29, 1.82) is 1.28 Å². The third kappa shape index (κ3) is 3.88. The fourth-order valence-electron chi connectivity index (χ4n) is 0.227. The highest BCUT2D eigenvalue weighted by Crippen LogP contribution is 1.94. The molecule has 5 heteroatoms. The van der Waals surface area contributed by atoms with Gasteiger partial charge in [0.2, 0.25) is 0 Å². The SMILES string of the molecule is [3H]PCO[C@@H](C)N=[N+]=[N-]. The van der Waals surface area contributed by atoms with E-state index in [1.807, 2.05) is 0 Å². The molecule has 0 N–H and O–H groups in total.